The number of hydrogen-bond acceptors (Lipinski definition) is 4. The smallest absolute Gasteiger partial charge is 0.225 e. The van der Waals surface area contributed by atoms with Crippen molar-refractivity contribution in [2.24, 2.45) is 0 Å². The maximum atomic E-state index is 12.0. The van der Waals surface area contributed by atoms with Gasteiger partial charge in [-0.25, -0.2) is 0 Å². The summed E-state index contributed by atoms with van der Waals surface area (Å²) in [5.74, 6) is 0.323. The molecule has 2 aromatic rings. The number of ether oxygens (including phenoxy) is 1. The number of nitrogens with zero attached hydrogens (tertiary/aromatic N) is 1. The fraction of sp³-hybridized carbons (Fsp3) is 0.278. The number of rotatable bonds is 3. The van der Waals surface area contributed by atoms with Gasteiger partial charge in [0.1, 0.15) is 0 Å². The first-order valence-corrected chi connectivity index (χ1v) is 7.47. The van der Waals surface area contributed by atoms with Crippen molar-refractivity contribution in [3.05, 3.63) is 47.5 Å². The zero-order valence-electron chi connectivity index (χ0n) is 13.5. The van der Waals surface area contributed by atoms with Crippen molar-refractivity contribution in [2.45, 2.75) is 12.3 Å². The van der Waals surface area contributed by atoms with E-state index in [-0.39, 0.29) is 17.6 Å². The SMILES string of the molecule is COc1cc2c(cc1O)C(c1ccc(N(C)C)cc1)CC(=O)N2. The van der Waals surface area contributed by atoms with Crippen LogP contribution in [-0.2, 0) is 4.79 Å². The molecule has 1 unspecified atom stereocenters. The highest BCUT2D eigenvalue weighted by molar-refractivity contribution is 5.96. The summed E-state index contributed by atoms with van der Waals surface area (Å²) in [6, 6.07) is 11.5. The number of benzene rings is 2. The van der Waals surface area contributed by atoms with Crippen LogP contribution in [0, 0.1) is 0 Å². The molecule has 5 nitrogen and oxygen atoms in total. The molecular formula is C18H20N2O3. The Balaban J connectivity index is 2.04. The number of methoxy groups -OCH3 is 1. The second kappa shape index (κ2) is 5.83. The lowest BCUT2D eigenvalue weighted by molar-refractivity contribution is -0.116. The molecule has 0 spiro atoms. The van der Waals surface area contributed by atoms with Crippen LogP contribution >= 0.6 is 0 Å². The summed E-state index contributed by atoms with van der Waals surface area (Å²) >= 11 is 0. The van der Waals surface area contributed by atoms with Crippen LogP contribution in [0.4, 0.5) is 11.4 Å². The van der Waals surface area contributed by atoms with Crippen LogP contribution in [0.25, 0.3) is 0 Å². The van der Waals surface area contributed by atoms with Gasteiger partial charge in [-0.15, -0.1) is 0 Å². The molecule has 0 fully saturated rings. The summed E-state index contributed by atoms with van der Waals surface area (Å²) in [6.45, 7) is 0. The minimum Gasteiger partial charge on any atom is -0.504 e. The standard InChI is InChI=1S/C18H20N2O3/c1-20(2)12-6-4-11(5-7-12)13-9-18(22)19-15-10-17(23-3)16(21)8-14(13)15/h4-8,10,13,21H,9H2,1-3H3,(H,19,22). The Labute approximate surface area is 135 Å². The fourth-order valence-corrected chi connectivity index (χ4v) is 2.94. The average molecular weight is 312 g/mol. The van der Waals surface area contributed by atoms with Crippen LogP contribution < -0.4 is 15.0 Å². The summed E-state index contributed by atoms with van der Waals surface area (Å²) in [7, 11) is 5.47. The van der Waals surface area contributed by atoms with Crippen LogP contribution in [0.3, 0.4) is 0 Å². The van der Waals surface area contributed by atoms with Crippen molar-refractivity contribution in [1.29, 1.82) is 0 Å². The molecule has 2 N–H and O–H groups in total. The van der Waals surface area contributed by atoms with Crippen molar-refractivity contribution < 1.29 is 14.6 Å². The Morgan fingerprint density at radius 3 is 2.52 bits per heavy atom. The fourth-order valence-electron chi connectivity index (χ4n) is 2.94. The van der Waals surface area contributed by atoms with Crippen LogP contribution in [0.2, 0.25) is 0 Å². The van der Waals surface area contributed by atoms with Gasteiger partial charge in [-0.1, -0.05) is 12.1 Å². The highest BCUT2D eigenvalue weighted by Gasteiger charge is 2.28. The summed E-state index contributed by atoms with van der Waals surface area (Å²) in [5.41, 5.74) is 3.75. The molecule has 0 saturated heterocycles. The molecule has 1 heterocycles. The molecule has 0 aromatic heterocycles. The van der Waals surface area contributed by atoms with Gasteiger partial charge in [0, 0.05) is 43.9 Å². The lowest BCUT2D eigenvalue weighted by atomic mass is 9.84. The summed E-state index contributed by atoms with van der Waals surface area (Å²) in [4.78, 5) is 14.1. The van der Waals surface area contributed by atoms with E-state index in [2.05, 4.69) is 5.32 Å². The monoisotopic (exact) mass is 312 g/mol. The maximum Gasteiger partial charge on any atom is 0.225 e. The number of phenols is 1. The third-order valence-electron chi connectivity index (χ3n) is 4.20. The van der Waals surface area contributed by atoms with E-state index in [0.717, 1.165) is 16.8 Å². The zero-order valence-corrected chi connectivity index (χ0v) is 13.5. The first kappa shape index (κ1) is 15.2. The van der Waals surface area contributed by atoms with Crippen LogP contribution in [-0.4, -0.2) is 32.2 Å². The number of fused-ring (bicyclic) bond motifs is 1. The minimum absolute atomic E-state index is 0.0353. The second-order valence-corrected chi connectivity index (χ2v) is 5.90. The van der Waals surface area contributed by atoms with Gasteiger partial charge in [-0.05, 0) is 29.3 Å². The molecule has 0 bridgehead atoms. The number of aromatic hydroxyl groups is 1. The number of hydrogen-bond donors (Lipinski definition) is 2. The van der Waals surface area contributed by atoms with E-state index >= 15 is 0 Å². The molecule has 0 saturated carbocycles. The second-order valence-electron chi connectivity index (χ2n) is 5.90. The third-order valence-corrected chi connectivity index (χ3v) is 4.20. The molecule has 1 atom stereocenters. The number of amides is 1. The van der Waals surface area contributed by atoms with E-state index in [4.69, 9.17) is 4.74 Å². The van der Waals surface area contributed by atoms with E-state index in [1.54, 1.807) is 12.1 Å². The number of anilines is 2. The quantitative estimate of drug-likeness (QED) is 0.856. The summed E-state index contributed by atoms with van der Waals surface area (Å²) in [6.07, 6.45) is 0.361. The first-order valence-electron chi connectivity index (χ1n) is 7.47. The van der Waals surface area contributed by atoms with Gasteiger partial charge in [0.2, 0.25) is 5.91 Å². The number of phenolic OH excluding ortho intramolecular Hbond substituents is 1. The van der Waals surface area contributed by atoms with Gasteiger partial charge in [0.05, 0.1) is 7.11 Å². The van der Waals surface area contributed by atoms with Crippen LogP contribution in [0.15, 0.2) is 36.4 Å². The molecule has 5 heteroatoms. The Bertz CT molecular complexity index is 739. The van der Waals surface area contributed by atoms with Gasteiger partial charge < -0.3 is 20.1 Å². The largest absolute Gasteiger partial charge is 0.504 e. The lowest BCUT2D eigenvalue weighted by Crippen LogP contribution is -2.23. The Morgan fingerprint density at radius 1 is 1.22 bits per heavy atom. The Kier molecular flexibility index (Phi) is 3.86. The first-order chi connectivity index (χ1) is 11.0. The molecule has 23 heavy (non-hydrogen) atoms. The van der Waals surface area contributed by atoms with E-state index in [1.165, 1.54) is 7.11 Å². The topological polar surface area (TPSA) is 61.8 Å². The van der Waals surface area contributed by atoms with Gasteiger partial charge in [0.25, 0.3) is 0 Å². The third kappa shape index (κ3) is 2.82. The van der Waals surface area contributed by atoms with Crippen molar-refractivity contribution in [1.82, 2.24) is 0 Å². The van der Waals surface area contributed by atoms with E-state index in [9.17, 15) is 9.90 Å². The molecule has 120 valence electrons. The molecule has 2 aromatic carbocycles. The average Bonchev–Trinajstić information content (AvgIpc) is 2.54. The molecular weight excluding hydrogens is 292 g/mol. The van der Waals surface area contributed by atoms with Gasteiger partial charge in [-0.2, -0.15) is 0 Å². The van der Waals surface area contributed by atoms with E-state index < -0.39 is 0 Å². The molecule has 1 aliphatic heterocycles. The van der Waals surface area contributed by atoms with Gasteiger partial charge in [-0.3, -0.25) is 4.79 Å². The summed E-state index contributed by atoms with van der Waals surface area (Å²) in [5, 5.41) is 12.9. The number of carbonyl (C=O) groups excluding carboxylic acids is 1. The highest BCUT2D eigenvalue weighted by Crippen LogP contribution is 2.42. The predicted octanol–water partition coefficient (Wildman–Crippen LogP) is 2.94. The Morgan fingerprint density at radius 2 is 1.91 bits per heavy atom. The number of nitrogens with one attached hydrogen (secondary N) is 1. The van der Waals surface area contributed by atoms with Crippen LogP contribution in [0.5, 0.6) is 11.5 Å². The van der Waals surface area contributed by atoms with Crippen LogP contribution in [0.1, 0.15) is 23.5 Å². The molecule has 3 rings (SSSR count). The normalized spacial score (nSPS) is 16.5. The van der Waals surface area contributed by atoms with Crippen molar-refractivity contribution >= 4 is 17.3 Å². The Hall–Kier alpha value is -2.69. The zero-order chi connectivity index (χ0) is 16.6. The summed E-state index contributed by atoms with van der Waals surface area (Å²) < 4.78 is 5.12. The van der Waals surface area contributed by atoms with Crippen molar-refractivity contribution in [3.63, 3.8) is 0 Å². The minimum atomic E-state index is -0.0771. The van der Waals surface area contributed by atoms with E-state index in [0.29, 0.717) is 17.9 Å². The molecule has 1 amide bonds. The predicted molar refractivity (Wildman–Crippen MR) is 90.5 cm³/mol. The van der Waals surface area contributed by atoms with E-state index in [1.807, 2.05) is 43.3 Å². The molecule has 0 aliphatic carbocycles. The molecule has 1 aliphatic rings. The number of carbonyl (C=O) groups is 1. The van der Waals surface area contributed by atoms with Gasteiger partial charge >= 0.3 is 0 Å². The highest BCUT2D eigenvalue weighted by atomic mass is 16.5. The van der Waals surface area contributed by atoms with Gasteiger partial charge in [0.15, 0.2) is 11.5 Å². The lowest BCUT2D eigenvalue weighted by Gasteiger charge is -2.27. The molecule has 0 radical (unpaired) electrons. The van der Waals surface area contributed by atoms with Crippen molar-refractivity contribution in [3.8, 4) is 11.5 Å². The van der Waals surface area contributed by atoms with Crippen molar-refractivity contribution in [2.75, 3.05) is 31.4 Å². The maximum absolute atomic E-state index is 12.0.